The van der Waals surface area contributed by atoms with Crippen molar-refractivity contribution in [1.29, 1.82) is 0 Å². The lowest BCUT2D eigenvalue weighted by molar-refractivity contribution is -0.224. The van der Waals surface area contributed by atoms with Crippen LogP contribution >= 0.6 is 0 Å². The van der Waals surface area contributed by atoms with E-state index in [1.54, 1.807) is 20.9 Å². The fourth-order valence-corrected chi connectivity index (χ4v) is 3.34. The number of rotatable bonds is 6. The van der Waals surface area contributed by atoms with E-state index < -0.39 is 12.8 Å². The van der Waals surface area contributed by atoms with Crippen molar-refractivity contribution in [2.75, 3.05) is 13.7 Å². The van der Waals surface area contributed by atoms with E-state index in [9.17, 15) is 18.0 Å². The zero-order chi connectivity index (χ0) is 19.5. The van der Waals surface area contributed by atoms with Gasteiger partial charge in [0.05, 0.1) is 12.0 Å². The minimum atomic E-state index is -4.38. The molecule has 0 radical (unpaired) electrons. The summed E-state index contributed by atoms with van der Waals surface area (Å²) in [4.78, 5) is 18.4. The van der Waals surface area contributed by atoms with E-state index in [1.165, 1.54) is 17.2 Å². The van der Waals surface area contributed by atoms with Crippen molar-refractivity contribution in [3.05, 3.63) is 28.8 Å². The molecule has 1 amide bonds. The van der Waals surface area contributed by atoms with Crippen LogP contribution in [0.5, 0.6) is 5.75 Å². The molecule has 146 valence electrons. The van der Waals surface area contributed by atoms with Gasteiger partial charge in [0.2, 0.25) is 5.91 Å². The fraction of sp³-hybridized carbons (Fsp3) is 0.632. The van der Waals surface area contributed by atoms with E-state index in [2.05, 4.69) is 0 Å². The predicted molar refractivity (Wildman–Crippen MR) is 91.9 cm³/mol. The zero-order valence-electron chi connectivity index (χ0n) is 15.7. The number of hydrogen-bond donors (Lipinski definition) is 0. The number of nitrogens with zero attached hydrogens (tertiary/aromatic N) is 1. The Morgan fingerprint density at radius 1 is 1.19 bits per heavy atom. The smallest absolute Gasteiger partial charge is 0.422 e. The maximum atomic E-state index is 12.5. The van der Waals surface area contributed by atoms with Crippen LogP contribution in [0.1, 0.15) is 49.3 Å². The molecule has 4 nitrogen and oxygen atoms in total. The number of likely N-dealkylation sites (N-methyl/N-ethyl adjacent to an activating group) is 1. The van der Waals surface area contributed by atoms with Crippen LogP contribution < -0.4 is 4.74 Å². The zero-order valence-corrected chi connectivity index (χ0v) is 15.7. The van der Waals surface area contributed by atoms with Crippen molar-refractivity contribution in [2.45, 2.75) is 64.7 Å². The van der Waals surface area contributed by atoms with E-state index in [1.807, 2.05) is 6.92 Å². The van der Waals surface area contributed by atoms with Crippen LogP contribution in [0.4, 0.5) is 13.2 Å². The Hall–Kier alpha value is -1.76. The summed E-state index contributed by atoms with van der Waals surface area (Å²) in [5, 5.41) is 1.29. The minimum absolute atomic E-state index is 0.129. The Bertz CT molecular complexity index is 629. The van der Waals surface area contributed by atoms with E-state index >= 15 is 0 Å². The first-order chi connectivity index (χ1) is 12.0. The number of benzene rings is 1. The summed E-state index contributed by atoms with van der Waals surface area (Å²) in [5.41, 5.74) is 1.91. The van der Waals surface area contributed by atoms with Gasteiger partial charge in [-0.1, -0.05) is 12.8 Å². The topological polar surface area (TPSA) is 38.8 Å². The van der Waals surface area contributed by atoms with Gasteiger partial charge in [-0.15, -0.1) is 0 Å². The molecule has 0 bridgehead atoms. The quantitative estimate of drug-likeness (QED) is 0.689. The number of halogens is 3. The second kappa shape index (κ2) is 7.86. The molecule has 2 rings (SSSR count). The predicted octanol–water partition coefficient (Wildman–Crippen LogP) is 4.51. The normalized spacial score (nSPS) is 16.6. The number of ether oxygens (including phenoxy) is 1. The van der Waals surface area contributed by atoms with Gasteiger partial charge in [0.1, 0.15) is 5.75 Å². The van der Waals surface area contributed by atoms with Crippen molar-refractivity contribution >= 4 is 5.91 Å². The van der Waals surface area contributed by atoms with Crippen molar-refractivity contribution in [1.82, 2.24) is 5.06 Å². The monoisotopic (exact) mass is 373 g/mol. The Balaban J connectivity index is 2.02. The molecular formula is C19H26F3NO3. The summed E-state index contributed by atoms with van der Waals surface area (Å²) >= 11 is 0. The molecule has 1 aliphatic carbocycles. The van der Waals surface area contributed by atoms with E-state index in [0.29, 0.717) is 0 Å². The standard InChI is InChI=1S/C19H26F3NO3/c1-13-9-15(25-12-19(20,21)22)10-14(2)16(13)11-17(24)23(4)26-18(3)7-5-6-8-18/h9-10H,5-8,11-12H2,1-4H3. The van der Waals surface area contributed by atoms with Crippen LogP contribution in [0.3, 0.4) is 0 Å². The summed E-state index contributed by atoms with van der Waals surface area (Å²) < 4.78 is 41.7. The van der Waals surface area contributed by atoms with E-state index in [0.717, 1.165) is 42.4 Å². The van der Waals surface area contributed by atoms with Crippen molar-refractivity contribution in [2.24, 2.45) is 0 Å². The average Bonchev–Trinajstić information content (AvgIpc) is 2.94. The molecule has 0 unspecified atom stereocenters. The number of hydrogen-bond acceptors (Lipinski definition) is 3. The first-order valence-electron chi connectivity index (χ1n) is 8.74. The maximum Gasteiger partial charge on any atom is 0.422 e. The molecule has 1 aromatic carbocycles. The highest BCUT2D eigenvalue weighted by molar-refractivity contribution is 5.78. The summed E-state index contributed by atoms with van der Waals surface area (Å²) in [7, 11) is 1.61. The average molecular weight is 373 g/mol. The second-order valence-corrected chi connectivity index (χ2v) is 7.26. The van der Waals surface area contributed by atoms with Gasteiger partial charge >= 0.3 is 6.18 Å². The molecule has 0 aliphatic heterocycles. The number of hydroxylamine groups is 2. The molecule has 7 heteroatoms. The number of carbonyl (C=O) groups excluding carboxylic acids is 1. The third kappa shape index (κ3) is 5.62. The van der Waals surface area contributed by atoms with Gasteiger partial charge in [0, 0.05) is 7.05 Å². The molecule has 1 fully saturated rings. The molecule has 0 aromatic heterocycles. The molecule has 0 N–H and O–H groups in total. The molecule has 26 heavy (non-hydrogen) atoms. The Morgan fingerprint density at radius 2 is 1.73 bits per heavy atom. The van der Waals surface area contributed by atoms with Gasteiger partial charge in [-0.05, 0) is 62.4 Å². The third-order valence-corrected chi connectivity index (χ3v) is 4.77. The van der Waals surface area contributed by atoms with Crippen LogP contribution in [0, 0.1) is 13.8 Å². The highest BCUT2D eigenvalue weighted by Gasteiger charge is 2.33. The minimum Gasteiger partial charge on any atom is -0.484 e. The van der Waals surface area contributed by atoms with Crippen LogP contribution in [0.25, 0.3) is 0 Å². The van der Waals surface area contributed by atoms with Crippen molar-refractivity contribution < 1.29 is 27.5 Å². The highest BCUT2D eigenvalue weighted by Crippen LogP contribution is 2.33. The van der Waals surface area contributed by atoms with Crippen molar-refractivity contribution in [3.8, 4) is 5.75 Å². The molecule has 1 saturated carbocycles. The van der Waals surface area contributed by atoms with Crippen LogP contribution in [-0.4, -0.2) is 36.4 Å². The number of alkyl halides is 3. The molecule has 0 atom stereocenters. The van der Waals surface area contributed by atoms with Gasteiger partial charge < -0.3 is 4.74 Å². The van der Waals surface area contributed by atoms with Gasteiger partial charge in [-0.3, -0.25) is 9.63 Å². The van der Waals surface area contributed by atoms with Gasteiger partial charge in [0.25, 0.3) is 0 Å². The summed E-state index contributed by atoms with van der Waals surface area (Å²) in [6, 6.07) is 3.06. The highest BCUT2D eigenvalue weighted by atomic mass is 19.4. The van der Waals surface area contributed by atoms with Crippen LogP contribution in [0.2, 0.25) is 0 Å². The molecule has 0 spiro atoms. The first kappa shape index (κ1) is 20.6. The van der Waals surface area contributed by atoms with Gasteiger partial charge in [0.15, 0.2) is 6.61 Å². The SMILES string of the molecule is Cc1cc(OCC(F)(F)F)cc(C)c1CC(=O)N(C)OC1(C)CCCC1. The van der Waals surface area contributed by atoms with E-state index in [-0.39, 0.29) is 23.7 Å². The molecule has 1 aromatic rings. The number of amides is 1. The lowest BCUT2D eigenvalue weighted by atomic mass is 9.99. The number of aryl methyl sites for hydroxylation is 2. The van der Waals surface area contributed by atoms with Gasteiger partial charge in [-0.2, -0.15) is 13.2 Å². The maximum absolute atomic E-state index is 12.5. The van der Waals surface area contributed by atoms with Gasteiger partial charge in [-0.25, -0.2) is 5.06 Å². The molecular weight excluding hydrogens is 347 g/mol. The van der Waals surface area contributed by atoms with Crippen molar-refractivity contribution in [3.63, 3.8) is 0 Å². The van der Waals surface area contributed by atoms with E-state index in [4.69, 9.17) is 9.57 Å². The largest absolute Gasteiger partial charge is 0.484 e. The third-order valence-electron chi connectivity index (χ3n) is 4.77. The lowest BCUT2D eigenvalue weighted by Gasteiger charge is -2.30. The first-order valence-corrected chi connectivity index (χ1v) is 8.74. The summed E-state index contributed by atoms with van der Waals surface area (Å²) in [6.07, 6.45) is -0.218. The number of carbonyl (C=O) groups is 1. The second-order valence-electron chi connectivity index (χ2n) is 7.26. The van der Waals surface area contributed by atoms with Crippen LogP contribution in [-0.2, 0) is 16.1 Å². The fourth-order valence-electron chi connectivity index (χ4n) is 3.34. The molecule has 0 heterocycles. The molecule has 1 aliphatic rings. The summed E-state index contributed by atoms with van der Waals surface area (Å²) in [6.45, 7) is 4.19. The van der Waals surface area contributed by atoms with Crippen LogP contribution in [0.15, 0.2) is 12.1 Å². The summed E-state index contributed by atoms with van der Waals surface area (Å²) in [5.74, 6) is -0.0371. The Labute approximate surface area is 152 Å². The molecule has 0 saturated heterocycles. The Kier molecular flexibility index (Phi) is 6.21. The Morgan fingerprint density at radius 3 is 2.23 bits per heavy atom. The lowest BCUT2D eigenvalue weighted by Crippen LogP contribution is -2.38.